The van der Waals surface area contributed by atoms with Crippen molar-refractivity contribution in [2.75, 3.05) is 7.05 Å². The zero-order valence-electron chi connectivity index (χ0n) is 8.22. The van der Waals surface area contributed by atoms with Gasteiger partial charge in [0, 0.05) is 18.4 Å². The van der Waals surface area contributed by atoms with Gasteiger partial charge in [-0.2, -0.15) is 0 Å². The van der Waals surface area contributed by atoms with Gasteiger partial charge in [-0.3, -0.25) is 4.90 Å². The fourth-order valence-corrected chi connectivity index (χ4v) is 1.16. The molecule has 0 saturated heterocycles. The van der Waals surface area contributed by atoms with E-state index in [0.29, 0.717) is 0 Å². The standard InChI is InChI=1S/C10H14N2O/c1-5-6-9-7(2)8(3)12(4)10(13)11-9/h5-6H,3H2,1-2,4H3,(H,11,13)/b6-5-. The minimum Gasteiger partial charge on any atom is -0.307 e. The average molecular weight is 178 g/mol. The molecule has 3 heteroatoms. The molecular weight excluding hydrogens is 164 g/mol. The maximum atomic E-state index is 11.3. The Bertz CT molecular complexity index is 313. The molecule has 0 saturated carbocycles. The summed E-state index contributed by atoms with van der Waals surface area (Å²) in [4.78, 5) is 12.8. The number of hydrogen-bond donors (Lipinski definition) is 1. The molecule has 1 aliphatic heterocycles. The number of carbonyl (C=O) groups excluding carboxylic acids is 1. The number of amides is 2. The number of carbonyl (C=O) groups is 1. The van der Waals surface area contributed by atoms with E-state index in [4.69, 9.17) is 0 Å². The highest BCUT2D eigenvalue weighted by Crippen LogP contribution is 2.19. The van der Waals surface area contributed by atoms with Gasteiger partial charge < -0.3 is 5.32 Å². The van der Waals surface area contributed by atoms with Crippen LogP contribution in [0.3, 0.4) is 0 Å². The average Bonchev–Trinajstić information content (AvgIpc) is 2.11. The van der Waals surface area contributed by atoms with E-state index in [0.717, 1.165) is 17.0 Å². The number of urea groups is 1. The predicted octanol–water partition coefficient (Wildman–Crippen LogP) is 2.01. The molecule has 2 amide bonds. The first-order valence-electron chi connectivity index (χ1n) is 4.15. The third-order valence-electron chi connectivity index (χ3n) is 2.12. The van der Waals surface area contributed by atoms with Crippen molar-refractivity contribution in [2.45, 2.75) is 13.8 Å². The minimum atomic E-state index is -0.135. The molecule has 1 aliphatic rings. The zero-order chi connectivity index (χ0) is 10.0. The van der Waals surface area contributed by atoms with Gasteiger partial charge in [0.25, 0.3) is 0 Å². The third kappa shape index (κ3) is 1.64. The second-order valence-corrected chi connectivity index (χ2v) is 2.97. The Morgan fingerprint density at radius 3 is 2.69 bits per heavy atom. The Labute approximate surface area is 78.4 Å². The Kier molecular flexibility index (Phi) is 2.56. The van der Waals surface area contributed by atoms with Gasteiger partial charge in [-0.25, -0.2) is 4.79 Å². The Balaban J connectivity index is 3.08. The van der Waals surface area contributed by atoms with Crippen LogP contribution >= 0.6 is 0 Å². The smallest absolute Gasteiger partial charge is 0.307 e. The molecule has 0 unspecified atom stereocenters. The fraction of sp³-hybridized carbons (Fsp3) is 0.300. The lowest BCUT2D eigenvalue weighted by molar-refractivity contribution is 0.220. The van der Waals surface area contributed by atoms with E-state index in [9.17, 15) is 4.79 Å². The SMILES string of the molecule is C=C1C(C)=C(/C=C\C)NC(=O)N1C. The quantitative estimate of drug-likeness (QED) is 0.654. The van der Waals surface area contributed by atoms with Gasteiger partial charge in [0.1, 0.15) is 0 Å². The van der Waals surface area contributed by atoms with Gasteiger partial charge in [-0.05, 0) is 25.5 Å². The molecule has 0 spiro atoms. The van der Waals surface area contributed by atoms with Crippen LogP contribution in [-0.4, -0.2) is 18.0 Å². The van der Waals surface area contributed by atoms with Crippen LogP contribution in [0.2, 0.25) is 0 Å². The van der Waals surface area contributed by atoms with Crippen molar-refractivity contribution in [2.24, 2.45) is 0 Å². The highest BCUT2D eigenvalue weighted by atomic mass is 16.2. The Morgan fingerprint density at radius 2 is 2.15 bits per heavy atom. The van der Waals surface area contributed by atoms with Crippen LogP contribution in [-0.2, 0) is 0 Å². The summed E-state index contributed by atoms with van der Waals surface area (Å²) in [6.07, 6.45) is 3.75. The van der Waals surface area contributed by atoms with E-state index >= 15 is 0 Å². The van der Waals surface area contributed by atoms with Gasteiger partial charge in [0.2, 0.25) is 0 Å². The highest BCUT2D eigenvalue weighted by molar-refractivity contribution is 5.81. The van der Waals surface area contributed by atoms with E-state index in [-0.39, 0.29) is 6.03 Å². The van der Waals surface area contributed by atoms with E-state index in [1.54, 1.807) is 7.05 Å². The van der Waals surface area contributed by atoms with Crippen LogP contribution in [0, 0.1) is 0 Å². The summed E-state index contributed by atoms with van der Waals surface area (Å²) in [5, 5.41) is 2.77. The van der Waals surface area contributed by atoms with Crippen LogP contribution in [0.4, 0.5) is 4.79 Å². The molecular formula is C10H14N2O. The lowest BCUT2D eigenvalue weighted by atomic mass is 10.1. The molecule has 0 fully saturated rings. The van der Waals surface area contributed by atoms with Gasteiger partial charge in [0.05, 0.1) is 0 Å². The van der Waals surface area contributed by atoms with Crippen molar-refractivity contribution >= 4 is 6.03 Å². The van der Waals surface area contributed by atoms with Crippen molar-refractivity contribution in [3.05, 3.63) is 35.7 Å². The summed E-state index contributed by atoms with van der Waals surface area (Å²) >= 11 is 0. The van der Waals surface area contributed by atoms with E-state index in [1.807, 2.05) is 26.0 Å². The van der Waals surface area contributed by atoms with Crippen molar-refractivity contribution in [3.8, 4) is 0 Å². The van der Waals surface area contributed by atoms with Crippen LogP contribution in [0.5, 0.6) is 0 Å². The summed E-state index contributed by atoms with van der Waals surface area (Å²) in [6, 6.07) is -0.135. The first kappa shape index (κ1) is 9.58. The molecule has 0 aromatic carbocycles. The van der Waals surface area contributed by atoms with E-state index in [1.165, 1.54) is 4.90 Å². The second-order valence-electron chi connectivity index (χ2n) is 2.97. The molecule has 0 bridgehead atoms. The van der Waals surface area contributed by atoms with Gasteiger partial charge in [-0.1, -0.05) is 12.7 Å². The number of allylic oxidation sites excluding steroid dienone is 3. The van der Waals surface area contributed by atoms with Gasteiger partial charge in [-0.15, -0.1) is 0 Å². The number of nitrogens with one attached hydrogen (secondary N) is 1. The summed E-state index contributed by atoms with van der Waals surface area (Å²) in [6.45, 7) is 7.68. The van der Waals surface area contributed by atoms with Crippen LogP contribution in [0.15, 0.2) is 35.7 Å². The zero-order valence-corrected chi connectivity index (χ0v) is 8.22. The lowest BCUT2D eigenvalue weighted by Gasteiger charge is -2.27. The number of hydrogen-bond acceptors (Lipinski definition) is 1. The molecule has 1 N–H and O–H groups in total. The van der Waals surface area contributed by atoms with E-state index < -0.39 is 0 Å². The molecule has 0 aromatic heterocycles. The van der Waals surface area contributed by atoms with Crippen molar-refractivity contribution in [3.63, 3.8) is 0 Å². The van der Waals surface area contributed by atoms with E-state index in [2.05, 4.69) is 11.9 Å². The Morgan fingerprint density at radius 1 is 1.54 bits per heavy atom. The fourth-order valence-electron chi connectivity index (χ4n) is 1.16. The highest BCUT2D eigenvalue weighted by Gasteiger charge is 2.21. The monoisotopic (exact) mass is 178 g/mol. The molecule has 13 heavy (non-hydrogen) atoms. The summed E-state index contributed by atoms with van der Waals surface area (Å²) in [7, 11) is 1.70. The molecule has 1 rings (SSSR count). The Hall–Kier alpha value is -1.51. The summed E-state index contributed by atoms with van der Waals surface area (Å²) in [5.74, 6) is 0. The molecule has 3 nitrogen and oxygen atoms in total. The van der Waals surface area contributed by atoms with Crippen molar-refractivity contribution in [1.82, 2.24) is 10.2 Å². The van der Waals surface area contributed by atoms with Crippen LogP contribution < -0.4 is 5.32 Å². The lowest BCUT2D eigenvalue weighted by Crippen LogP contribution is -2.40. The normalized spacial score (nSPS) is 18.5. The first-order valence-corrected chi connectivity index (χ1v) is 4.15. The molecule has 0 radical (unpaired) electrons. The number of nitrogens with zero attached hydrogens (tertiary/aromatic N) is 1. The summed E-state index contributed by atoms with van der Waals surface area (Å²) in [5.41, 5.74) is 2.58. The topological polar surface area (TPSA) is 32.3 Å². The molecule has 70 valence electrons. The molecule has 0 aliphatic carbocycles. The number of rotatable bonds is 1. The maximum Gasteiger partial charge on any atom is 0.326 e. The maximum absolute atomic E-state index is 11.3. The second kappa shape index (κ2) is 3.47. The third-order valence-corrected chi connectivity index (χ3v) is 2.12. The van der Waals surface area contributed by atoms with Crippen molar-refractivity contribution < 1.29 is 4.79 Å². The first-order chi connectivity index (χ1) is 6.07. The van der Waals surface area contributed by atoms with Gasteiger partial charge in [0.15, 0.2) is 0 Å². The van der Waals surface area contributed by atoms with Gasteiger partial charge >= 0.3 is 6.03 Å². The largest absolute Gasteiger partial charge is 0.326 e. The molecule has 0 atom stereocenters. The van der Waals surface area contributed by atoms with Crippen LogP contribution in [0.1, 0.15) is 13.8 Å². The number of likely N-dealkylation sites (N-methyl/N-ethyl adjacent to an activating group) is 1. The predicted molar refractivity (Wildman–Crippen MR) is 52.9 cm³/mol. The molecule has 0 aromatic rings. The summed E-state index contributed by atoms with van der Waals surface area (Å²) < 4.78 is 0. The minimum absolute atomic E-state index is 0.135. The van der Waals surface area contributed by atoms with Crippen molar-refractivity contribution in [1.29, 1.82) is 0 Å². The van der Waals surface area contributed by atoms with Crippen LogP contribution in [0.25, 0.3) is 0 Å². The molecule has 1 heterocycles.